The second-order valence-corrected chi connectivity index (χ2v) is 6.08. The van der Waals surface area contributed by atoms with Crippen molar-refractivity contribution >= 4 is 40.0 Å². The minimum absolute atomic E-state index is 0.00874. The number of ether oxygens (including phenoxy) is 1. The number of aromatic nitrogens is 2. The Kier molecular flexibility index (Phi) is 5.29. The van der Waals surface area contributed by atoms with Crippen LogP contribution in [0.4, 0.5) is 5.69 Å². The highest BCUT2D eigenvalue weighted by atomic mass is 35.5. The molecule has 0 bridgehead atoms. The van der Waals surface area contributed by atoms with Crippen LogP contribution in [-0.2, 0) is 0 Å². The topological polar surface area (TPSA) is 114 Å². The number of nitro groups is 1. The van der Waals surface area contributed by atoms with Gasteiger partial charge in [-0.1, -0.05) is 23.2 Å². The van der Waals surface area contributed by atoms with Crippen LogP contribution in [-0.4, -0.2) is 22.2 Å². The molecule has 3 rings (SSSR count). The third-order valence-corrected chi connectivity index (χ3v) is 4.01. The SMILES string of the molecule is COc1cc(/C=C(\Cl)c2nnc(-c3ccc(Cl)cc3)o2)cc([N+](=O)[O-])c1[O-]. The van der Waals surface area contributed by atoms with Gasteiger partial charge in [0, 0.05) is 22.4 Å². The van der Waals surface area contributed by atoms with Crippen molar-refractivity contribution in [3.05, 3.63) is 63.0 Å². The number of hydrogen-bond acceptors (Lipinski definition) is 7. The van der Waals surface area contributed by atoms with Gasteiger partial charge in [-0.05, 0) is 42.0 Å². The van der Waals surface area contributed by atoms with Gasteiger partial charge in [-0.2, -0.15) is 0 Å². The Bertz CT molecular complexity index is 1030. The molecule has 0 amide bonds. The summed E-state index contributed by atoms with van der Waals surface area (Å²) in [4.78, 5) is 10.2. The molecule has 1 heterocycles. The quantitative estimate of drug-likeness (QED) is 0.462. The van der Waals surface area contributed by atoms with E-state index in [4.69, 9.17) is 32.4 Å². The summed E-state index contributed by atoms with van der Waals surface area (Å²) in [6, 6.07) is 9.18. The lowest BCUT2D eigenvalue weighted by atomic mass is 10.1. The maximum atomic E-state index is 11.9. The summed E-state index contributed by atoms with van der Waals surface area (Å²) >= 11 is 12.0. The van der Waals surface area contributed by atoms with Crippen molar-refractivity contribution in [3.63, 3.8) is 0 Å². The van der Waals surface area contributed by atoms with Crippen molar-refractivity contribution in [1.29, 1.82) is 0 Å². The van der Waals surface area contributed by atoms with Crippen LogP contribution in [0.1, 0.15) is 11.5 Å². The number of nitro benzene ring substituents is 1. The Labute approximate surface area is 162 Å². The lowest BCUT2D eigenvalue weighted by molar-refractivity contribution is -0.398. The van der Waals surface area contributed by atoms with Crippen molar-refractivity contribution in [2.24, 2.45) is 0 Å². The van der Waals surface area contributed by atoms with Crippen LogP contribution in [0.25, 0.3) is 22.6 Å². The highest BCUT2D eigenvalue weighted by molar-refractivity contribution is 6.50. The van der Waals surface area contributed by atoms with E-state index in [1.807, 2.05) is 0 Å². The van der Waals surface area contributed by atoms with E-state index in [9.17, 15) is 15.2 Å². The average molecular weight is 407 g/mol. The van der Waals surface area contributed by atoms with E-state index in [0.717, 1.165) is 6.07 Å². The molecule has 0 aliphatic heterocycles. The fourth-order valence-corrected chi connectivity index (χ4v) is 2.54. The highest BCUT2D eigenvalue weighted by Crippen LogP contribution is 2.36. The maximum absolute atomic E-state index is 11.9. The summed E-state index contributed by atoms with van der Waals surface area (Å²) in [7, 11) is 1.24. The van der Waals surface area contributed by atoms with E-state index >= 15 is 0 Å². The second kappa shape index (κ2) is 7.65. The lowest BCUT2D eigenvalue weighted by Crippen LogP contribution is -2.01. The van der Waals surface area contributed by atoms with Crippen LogP contribution in [0.3, 0.4) is 0 Å². The van der Waals surface area contributed by atoms with Gasteiger partial charge in [0.15, 0.2) is 0 Å². The van der Waals surface area contributed by atoms with Gasteiger partial charge in [-0.15, -0.1) is 10.2 Å². The molecule has 10 heteroatoms. The van der Waals surface area contributed by atoms with Crippen LogP contribution in [0.2, 0.25) is 5.02 Å². The molecule has 0 spiro atoms. The summed E-state index contributed by atoms with van der Waals surface area (Å²) in [5, 5.41) is 31.3. The maximum Gasteiger partial charge on any atom is 0.266 e. The molecule has 27 heavy (non-hydrogen) atoms. The summed E-state index contributed by atoms with van der Waals surface area (Å²) in [6.45, 7) is 0. The van der Waals surface area contributed by atoms with Gasteiger partial charge in [0.1, 0.15) is 10.8 Å². The van der Waals surface area contributed by atoms with Crippen LogP contribution in [0.15, 0.2) is 40.8 Å². The first-order valence-electron chi connectivity index (χ1n) is 7.39. The molecule has 8 nitrogen and oxygen atoms in total. The molecule has 0 aliphatic rings. The monoisotopic (exact) mass is 406 g/mol. The van der Waals surface area contributed by atoms with Gasteiger partial charge in [-0.3, -0.25) is 10.1 Å². The summed E-state index contributed by atoms with van der Waals surface area (Å²) in [5.41, 5.74) is 0.294. The van der Waals surface area contributed by atoms with E-state index in [0.29, 0.717) is 10.6 Å². The number of nitrogens with zero attached hydrogens (tertiary/aromatic N) is 3. The Morgan fingerprint density at radius 2 is 1.96 bits per heavy atom. The van der Waals surface area contributed by atoms with Crippen molar-refractivity contribution in [2.75, 3.05) is 7.11 Å². The molecule has 0 saturated heterocycles. The van der Waals surface area contributed by atoms with E-state index in [2.05, 4.69) is 10.2 Å². The van der Waals surface area contributed by atoms with Crippen LogP contribution < -0.4 is 9.84 Å². The predicted octanol–water partition coefficient (Wildman–Crippen LogP) is 4.12. The van der Waals surface area contributed by atoms with Crippen LogP contribution >= 0.6 is 23.2 Å². The van der Waals surface area contributed by atoms with Gasteiger partial charge in [0.25, 0.3) is 11.6 Å². The number of rotatable bonds is 5. The third-order valence-electron chi connectivity index (χ3n) is 3.49. The second-order valence-electron chi connectivity index (χ2n) is 5.24. The predicted molar refractivity (Wildman–Crippen MR) is 97.6 cm³/mol. The Balaban J connectivity index is 1.95. The first-order valence-corrected chi connectivity index (χ1v) is 8.15. The molecule has 0 unspecified atom stereocenters. The molecule has 3 aromatic rings. The van der Waals surface area contributed by atoms with Crippen molar-refractivity contribution in [3.8, 4) is 23.0 Å². The lowest BCUT2D eigenvalue weighted by Gasteiger charge is -2.13. The normalized spacial score (nSPS) is 11.4. The summed E-state index contributed by atoms with van der Waals surface area (Å²) in [6.07, 6.45) is 1.36. The highest BCUT2D eigenvalue weighted by Gasteiger charge is 2.15. The molecule has 0 aliphatic carbocycles. The van der Waals surface area contributed by atoms with Gasteiger partial charge < -0.3 is 14.3 Å². The molecule has 0 fully saturated rings. The largest absolute Gasteiger partial charge is 0.865 e. The Morgan fingerprint density at radius 3 is 2.59 bits per heavy atom. The van der Waals surface area contributed by atoms with E-state index in [-0.39, 0.29) is 28.1 Å². The number of methoxy groups -OCH3 is 1. The Morgan fingerprint density at radius 1 is 1.26 bits per heavy atom. The smallest absolute Gasteiger partial charge is 0.266 e. The van der Waals surface area contributed by atoms with Gasteiger partial charge in [-0.25, -0.2) is 0 Å². The molecular weight excluding hydrogens is 397 g/mol. The first kappa shape index (κ1) is 18.7. The average Bonchev–Trinajstić information content (AvgIpc) is 3.13. The number of halogens is 2. The van der Waals surface area contributed by atoms with Gasteiger partial charge in [0.05, 0.1) is 12.0 Å². The van der Waals surface area contributed by atoms with Gasteiger partial charge >= 0.3 is 0 Å². The fraction of sp³-hybridized carbons (Fsp3) is 0.0588. The molecule has 2 aromatic carbocycles. The zero-order chi connectivity index (χ0) is 19.6. The number of benzene rings is 2. The van der Waals surface area contributed by atoms with Crippen molar-refractivity contribution < 1.29 is 19.2 Å². The molecule has 138 valence electrons. The molecule has 0 N–H and O–H groups in total. The minimum Gasteiger partial charge on any atom is -0.865 e. The molecule has 0 radical (unpaired) electrons. The molecule has 0 atom stereocenters. The van der Waals surface area contributed by atoms with Crippen LogP contribution in [0.5, 0.6) is 11.5 Å². The minimum atomic E-state index is -0.821. The third kappa shape index (κ3) is 4.02. The summed E-state index contributed by atoms with van der Waals surface area (Å²) in [5.74, 6) is -0.757. The Hall–Kier alpha value is -3.10. The van der Waals surface area contributed by atoms with Crippen LogP contribution in [0, 0.1) is 10.1 Å². The zero-order valence-corrected chi connectivity index (χ0v) is 15.2. The first-order chi connectivity index (χ1) is 12.9. The van der Waals surface area contributed by atoms with E-state index < -0.39 is 16.4 Å². The van der Waals surface area contributed by atoms with Crippen molar-refractivity contribution in [1.82, 2.24) is 10.2 Å². The van der Waals surface area contributed by atoms with E-state index in [1.54, 1.807) is 24.3 Å². The van der Waals surface area contributed by atoms with Gasteiger partial charge in [0.2, 0.25) is 5.89 Å². The zero-order valence-electron chi connectivity index (χ0n) is 13.7. The molecule has 0 saturated carbocycles. The summed E-state index contributed by atoms with van der Waals surface area (Å²) < 4.78 is 10.4. The molecule has 1 aromatic heterocycles. The van der Waals surface area contributed by atoms with Crippen molar-refractivity contribution in [2.45, 2.75) is 0 Å². The fourth-order valence-electron chi connectivity index (χ4n) is 2.22. The standard InChI is InChI=1S/C17H11Cl2N3O5/c1-26-14-8-9(7-13(15(14)23)22(24)25)6-12(19)17-21-20-16(27-17)10-2-4-11(18)5-3-10/h2-8,23H,1H3/p-1/b12-6-. The van der Waals surface area contributed by atoms with E-state index in [1.165, 1.54) is 19.3 Å². The molecular formula is C17H10Cl2N3O5-. The number of hydrogen-bond donors (Lipinski definition) is 0.